The number of anilines is 2. The van der Waals surface area contributed by atoms with Gasteiger partial charge in [0.1, 0.15) is 6.29 Å². The molecule has 0 fully saturated rings. The SMILES string of the molecule is C.C.C.CC(C)(C)[Si](C)(C)OCC=O.CN(CCO[Si](C)(C)C(C)(C)C)c1cc(B(O)O)cc(C(=O)O)c1.CNc1cc(B(O)O)cc(C(=O)O)c1. The number of hydrogen-bond acceptors (Lipinski definition) is 11. The molecule has 0 spiro atoms. The number of nitrogens with zero attached hydrogens (tertiary/aromatic N) is 1. The van der Waals surface area contributed by atoms with Crippen LogP contribution in [0.5, 0.6) is 0 Å². The van der Waals surface area contributed by atoms with Gasteiger partial charge in [-0.1, -0.05) is 63.8 Å². The summed E-state index contributed by atoms with van der Waals surface area (Å²) >= 11 is 0. The zero-order valence-electron chi connectivity index (χ0n) is 31.0. The van der Waals surface area contributed by atoms with Gasteiger partial charge < -0.3 is 54.2 Å². The zero-order valence-corrected chi connectivity index (χ0v) is 33.0. The number of carbonyl (C=O) groups is 3. The van der Waals surface area contributed by atoms with Crippen LogP contribution in [0.2, 0.25) is 36.3 Å². The van der Waals surface area contributed by atoms with Gasteiger partial charge in [-0.15, -0.1) is 0 Å². The maximum Gasteiger partial charge on any atom is 0.488 e. The average molecular weight is 771 g/mol. The fraction of sp³-hybridized carbons (Fsp3) is 0.571. The normalized spacial score (nSPS) is 11.0. The number of nitrogens with one attached hydrogen (secondary N) is 1. The summed E-state index contributed by atoms with van der Waals surface area (Å²) in [6.45, 7) is 23.0. The lowest BCUT2D eigenvalue weighted by molar-refractivity contribution is -0.109. The fourth-order valence-electron chi connectivity index (χ4n) is 3.44. The maximum absolute atomic E-state index is 11.2. The van der Waals surface area contributed by atoms with Crippen LogP contribution in [0.1, 0.15) is 84.5 Å². The summed E-state index contributed by atoms with van der Waals surface area (Å²) in [5.41, 5.74) is 1.47. The standard InChI is InChI=1S/C16H28BNO5Si.C8H10BNO4.C8H18O2Si.3CH4/c1-16(2,3)24(5,6)23-8-7-18(4)14-10-12(15(19)20)9-13(11-14)17(21)22;1-10-7-3-5(8(11)12)2-6(4-7)9(13)14;1-8(2,3)11(4,5)10-7-6-9;;;/h9-11,21-22H,7-8H2,1-6H3,(H,19,20);2-4,10,13-14H,1H3,(H,11,12);6H,7H2,1-5H3;3*1H4. The van der Waals surface area contributed by atoms with Crippen molar-refractivity contribution >= 4 is 71.4 Å². The van der Waals surface area contributed by atoms with Gasteiger partial charge in [-0.2, -0.15) is 0 Å². The van der Waals surface area contributed by atoms with Gasteiger partial charge >= 0.3 is 26.2 Å². The molecular weight excluding hydrogens is 702 g/mol. The van der Waals surface area contributed by atoms with Crippen molar-refractivity contribution in [1.82, 2.24) is 0 Å². The van der Waals surface area contributed by atoms with Gasteiger partial charge in [-0.25, -0.2) is 9.59 Å². The molecule has 0 amide bonds. The molecule has 0 heterocycles. The van der Waals surface area contributed by atoms with Crippen molar-refractivity contribution in [3.05, 3.63) is 47.5 Å². The Labute approximate surface area is 315 Å². The molecule has 17 heteroatoms. The minimum Gasteiger partial charge on any atom is -0.478 e. The lowest BCUT2D eigenvalue weighted by Crippen LogP contribution is -2.42. The molecule has 0 aromatic heterocycles. The minimum absolute atomic E-state index is 0. The van der Waals surface area contributed by atoms with Gasteiger partial charge in [0.15, 0.2) is 16.6 Å². The molecule has 0 atom stereocenters. The molecule has 0 saturated heterocycles. The van der Waals surface area contributed by atoms with E-state index in [1.807, 2.05) is 11.9 Å². The molecule has 13 nitrogen and oxygen atoms in total. The van der Waals surface area contributed by atoms with Crippen LogP contribution < -0.4 is 21.1 Å². The molecule has 2 rings (SSSR count). The number of likely N-dealkylation sites (N-methyl/N-ethyl adjacent to an activating group) is 1. The second-order valence-electron chi connectivity index (χ2n) is 14.5. The topological polar surface area (TPSA) is 206 Å². The fourth-order valence-corrected chi connectivity index (χ4v) is 5.39. The molecule has 0 aliphatic carbocycles. The summed E-state index contributed by atoms with van der Waals surface area (Å²) < 4.78 is 11.6. The molecule has 0 bridgehead atoms. The first-order valence-corrected chi connectivity index (χ1v) is 21.6. The van der Waals surface area contributed by atoms with Crippen LogP contribution in [0.15, 0.2) is 36.4 Å². The minimum atomic E-state index is -1.83. The predicted octanol–water partition coefficient (Wildman–Crippen LogP) is 4.74. The molecule has 0 saturated carbocycles. The molecule has 2 aromatic carbocycles. The van der Waals surface area contributed by atoms with Crippen LogP contribution in [0.4, 0.5) is 11.4 Å². The number of benzene rings is 2. The highest BCUT2D eigenvalue weighted by Crippen LogP contribution is 2.37. The number of carboxylic acids is 2. The summed E-state index contributed by atoms with van der Waals surface area (Å²) in [7, 11) is -3.42. The van der Waals surface area contributed by atoms with E-state index in [1.54, 1.807) is 13.1 Å². The number of aldehydes is 1. The average Bonchev–Trinajstić information content (AvgIpc) is 2.98. The lowest BCUT2D eigenvalue weighted by Gasteiger charge is -2.36. The molecule has 0 radical (unpaired) electrons. The summed E-state index contributed by atoms with van der Waals surface area (Å²) in [4.78, 5) is 33.8. The Hall–Kier alpha value is -3.03. The number of hydrogen-bond donors (Lipinski definition) is 7. The van der Waals surface area contributed by atoms with Gasteiger partial charge in [-0.05, 0) is 83.6 Å². The molecular formula is C35H68B2N2O11Si2. The van der Waals surface area contributed by atoms with Crippen molar-refractivity contribution < 1.29 is 53.5 Å². The Morgan fingerprint density at radius 3 is 1.52 bits per heavy atom. The van der Waals surface area contributed by atoms with Crippen molar-refractivity contribution in [2.24, 2.45) is 0 Å². The smallest absolute Gasteiger partial charge is 0.478 e. The molecule has 0 aliphatic heterocycles. The highest BCUT2D eigenvalue weighted by Gasteiger charge is 2.37. The van der Waals surface area contributed by atoms with E-state index in [0.29, 0.717) is 24.5 Å². The Bertz CT molecular complexity index is 1380. The summed E-state index contributed by atoms with van der Waals surface area (Å²) in [6.07, 6.45) is 0.820. The monoisotopic (exact) mass is 770 g/mol. The van der Waals surface area contributed by atoms with E-state index in [9.17, 15) is 24.4 Å². The van der Waals surface area contributed by atoms with Crippen LogP contribution in [0.3, 0.4) is 0 Å². The van der Waals surface area contributed by atoms with E-state index in [2.05, 4.69) is 73.0 Å². The molecule has 7 N–H and O–H groups in total. The first-order valence-electron chi connectivity index (χ1n) is 15.8. The first kappa shape index (κ1) is 55.7. The molecule has 2 aromatic rings. The van der Waals surface area contributed by atoms with Crippen LogP contribution >= 0.6 is 0 Å². The molecule has 0 aliphatic rings. The summed E-state index contributed by atoms with van der Waals surface area (Å²) in [5, 5.41) is 57.4. The zero-order chi connectivity index (χ0) is 38.5. The Kier molecular flexibility index (Phi) is 25.3. The van der Waals surface area contributed by atoms with Crippen molar-refractivity contribution in [1.29, 1.82) is 0 Å². The molecule has 0 unspecified atom stereocenters. The third-order valence-electron chi connectivity index (χ3n) is 8.73. The summed E-state index contributed by atoms with van der Waals surface area (Å²) in [5.74, 6) is -2.21. The quantitative estimate of drug-likeness (QED) is 0.109. The van der Waals surface area contributed by atoms with E-state index < -0.39 is 42.8 Å². The largest absolute Gasteiger partial charge is 0.488 e. The van der Waals surface area contributed by atoms with Crippen molar-refractivity contribution in [2.75, 3.05) is 44.1 Å². The third-order valence-corrected chi connectivity index (χ3v) is 17.8. The Balaban J connectivity index is -0.000000353. The van der Waals surface area contributed by atoms with Gasteiger partial charge in [-0.3, -0.25) is 0 Å². The van der Waals surface area contributed by atoms with E-state index in [1.165, 1.54) is 30.3 Å². The van der Waals surface area contributed by atoms with E-state index in [4.69, 9.17) is 29.1 Å². The molecule has 52 heavy (non-hydrogen) atoms. The number of rotatable bonds is 13. The Morgan fingerprint density at radius 2 is 1.15 bits per heavy atom. The van der Waals surface area contributed by atoms with Crippen molar-refractivity contribution in [3.8, 4) is 0 Å². The lowest BCUT2D eigenvalue weighted by atomic mass is 9.79. The predicted molar refractivity (Wildman–Crippen MR) is 222 cm³/mol. The van der Waals surface area contributed by atoms with Crippen molar-refractivity contribution in [2.45, 2.75) is 100 Å². The number of carboxylic acid groups (broad SMARTS) is 2. The van der Waals surface area contributed by atoms with Gasteiger partial charge in [0.2, 0.25) is 0 Å². The van der Waals surface area contributed by atoms with Gasteiger partial charge in [0.25, 0.3) is 0 Å². The third kappa shape index (κ3) is 18.6. The van der Waals surface area contributed by atoms with Crippen LogP contribution in [-0.4, -0.2) is 113 Å². The van der Waals surface area contributed by atoms with Crippen LogP contribution in [0.25, 0.3) is 0 Å². The number of aromatic carboxylic acids is 2. The van der Waals surface area contributed by atoms with Crippen LogP contribution in [0, 0.1) is 0 Å². The van der Waals surface area contributed by atoms with Gasteiger partial charge in [0.05, 0.1) is 24.3 Å². The second-order valence-corrected chi connectivity index (χ2v) is 24.2. The first-order chi connectivity index (χ1) is 22.2. The van der Waals surface area contributed by atoms with E-state index in [0.717, 1.165) is 6.29 Å². The maximum atomic E-state index is 11.2. The van der Waals surface area contributed by atoms with E-state index >= 15 is 0 Å². The van der Waals surface area contributed by atoms with Crippen molar-refractivity contribution in [3.63, 3.8) is 0 Å². The highest BCUT2D eigenvalue weighted by atomic mass is 28.4. The van der Waals surface area contributed by atoms with Crippen LogP contribution in [-0.2, 0) is 13.6 Å². The molecule has 298 valence electrons. The highest BCUT2D eigenvalue weighted by molar-refractivity contribution is 6.74. The van der Waals surface area contributed by atoms with Gasteiger partial charge in [0, 0.05) is 32.0 Å². The summed E-state index contributed by atoms with van der Waals surface area (Å²) in [6, 6.07) is 8.44. The number of carbonyl (C=O) groups excluding carboxylic acids is 1. The van der Waals surface area contributed by atoms with E-state index in [-0.39, 0.29) is 61.0 Å². The second kappa shape index (κ2) is 23.6. The Morgan fingerprint density at radius 1 is 0.750 bits per heavy atom.